The van der Waals surface area contributed by atoms with E-state index in [2.05, 4.69) is 10.3 Å². The highest BCUT2D eigenvalue weighted by Crippen LogP contribution is 2.37. The standard InChI is InChI=1S/C30H42FN3O6S/c1-9-20-17-22-23(26(35)32-7)24(21-11-14-30(6,31)15-12-21)40-27(22)33-25(20)34(41(8,37)38)16-10-13-29(4,5)28(36)39-18-19(2)3/h11-12,14,17,19H,9-10,13,15-16,18H2,1-8H3,(H,32,35). The highest BCUT2D eigenvalue weighted by atomic mass is 32.2. The number of halogens is 1. The van der Waals surface area contributed by atoms with E-state index in [4.69, 9.17) is 9.15 Å². The van der Waals surface area contributed by atoms with E-state index in [1.165, 1.54) is 24.4 Å². The maximum Gasteiger partial charge on any atom is 0.311 e. The average Bonchev–Trinajstić information content (AvgIpc) is 3.25. The largest absolute Gasteiger partial charge is 0.465 e. The molecule has 41 heavy (non-hydrogen) atoms. The van der Waals surface area contributed by atoms with Crippen LogP contribution in [0.5, 0.6) is 0 Å². The Hall–Kier alpha value is -3.21. The van der Waals surface area contributed by atoms with Crippen LogP contribution in [0.1, 0.15) is 82.5 Å². The highest BCUT2D eigenvalue weighted by molar-refractivity contribution is 7.92. The number of pyridine rings is 1. The van der Waals surface area contributed by atoms with Crippen LogP contribution in [-0.2, 0) is 26.0 Å². The van der Waals surface area contributed by atoms with Gasteiger partial charge in [0.2, 0.25) is 15.7 Å². The Morgan fingerprint density at radius 3 is 2.54 bits per heavy atom. The molecule has 1 unspecified atom stereocenters. The summed E-state index contributed by atoms with van der Waals surface area (Å²) in [4.78, 5) is 30.2. The molecular formula is C30H42FN3O6S. The fourth-order valence-corrected chi connectivity index (χ4v) is 5.53. The second-order valence-electron chi connectivity index (χ2n) is 11.9. The minimum Gasteiger partial charge on any atom is -0.465 e. The van der Waals surface area contributed by atoms with Gasteiger partial charge >= 0.3 is 5.97 Å². The highest BCUT2D eigenvalue weighted by Gasteiger charge is 2.32. The molecule has 3 rings (SSSR count). The lowest BCUT2D eigenvalue weighted by Crippen LogP contribution is -2.34. The first-order valence-corrected chi connectivity index (χ1v) is 15.8. The number of hydrogen-bond donors (Lipinski definition) is 1. The van der Waals surface area contributed by atoms with Crippen molar-refractivity contribution in [2.45, 2.75) is 72.9 Å². The van der Waals surface area contributed by atoms with Crippen LogP contribution in [0.2, 0.25) is 0 Å². The molecule has 9 nitrogen and oxygen atoms in total. The number of carbonyl (C=O) groups excluding carboxylic acids is 2. The molecule has 2 aromatic heterocycles. The Morgan fingerprint density at radius 2 is 2.00 bits per heavy atom. The van der Waals surface area contributed by atoms with Gasteiger partial charge in [0.25, 0.3) is 5.91 Å². The maximum absolute atomic E-state index is 14.4. The maximum atomic E-state index is 14.4. The van der Waals surface area contributed by atoms with Gasteiger partial charge in [-0.25, -0.2) is 12.8 Å². The lowest BCUT2D eigenvalue weighted by molar-refractivity contribution is -0.155. The second kappa shape index (κ2) is 12.3. The van der Waals surface area contributed by atoms with Crippen LogP contribution in [0.15, 0.2) is 28.7 Å². The van der Waals surface area contributed by atoms with Crippen molar-refractivity contribution >= 4 is 44.4 Å². The van der Waals surface area contributed by atoms with Gasteiger partial charge in [0, 0.05) is 25.6 Å². The molecule has 11 heteroatoms. The Bertz CT molecular complexity index is 1470. The Balaban J connectivity index is 2.01. The number of furan rings is 1. The second-order valence-corrected chi connectivity index (χ2v) is 13.8. The molecule has 1 aliphatic carbocycles. The summed E-state index contributed by atoms with van der Waals surface area (Å²) in [6.07, 6.45) is 7.11. The number of nitrogens with one attached hydrogen (secondary N) is 1. The fraction of sp³-hybridized carbons (Fsp3) is 0.567. The van der Waals surface area contributed by atoms with Crippen molar-refractivity contribution in [2.24, 2.45) is 11.3 Å². The van der Waals surface area contributed by atoms with E-state index in [1.807, 2.05) is 20.8 Å². The van der Waals surface area contributed by atoms with Crippen molar-refractivity contribution in [3.05, 3.63) is 41.2 Å². The monoisotopic (exact) mass is 591 g/mol. The molecule has 0 radical (unpaired) electrons. The number of alkyl halides is 1. The van der Waals surface area contributed by atoms with Gasteiger partial charge in [0.1, 0.15) is 17.2 Å². The molecule has 226 valence electrons. The summed E-state index contributed by atoms with van der Waals surface area (Å²) in [5.74, 6) is -0.0646. The number of allylic oxidation sites excluding steroid dienone is 4. The van der Waals surface area contributed by atoms with Gasteiger partial charge in [-0.1, -0.05) is 32.9 Å². The molecule has 0 saturated heterocycles. The van der Waals surface area contributed by atoms with E-state index >= 15 is 0 Å². The fourth-order valence-electron chi connectivity index (χ4n) is 4.60. The number of carbonyl (C=O) groups is 2. The number of ether oxygens (including phenoxy) is 1. The van der Waals surface area contributed by atoms with E-state index in [9.17, 15) is 22.4 Å². The Morgan fingerprint density at radius 1 is 1.32 bits per heavy atom. The number of sulfonamides is 1. The number of aryl methyl sites for hydroxylation is 1. The molecule has 1 aliphatic rings. The molecule has 0 spiro atoms. The number of fused-ring (bicyclic) bond motifs is 1. The van der Waals surface area contributed by atoms with Gasteiger partial charge in [-0.05, 0) is 63.7 Å². The SMILES string of the molecule is CCc1cc2c(C(=O)NC)c(C3=CCC(C)(F)C=C3)oc2nc1N(CCCC(C)(C)C(=O)OCC(C)C)S(C)(=O)=O. The quantitative estimate of drug-likeness (QED) is 0.320. The van der Waals surface area contributed by atoms with E-state index in [0.29, 0.717) is 42.4 Å². The first-order valence-electron chi connectivity index (χ1n) is 13.9. The van der Waals surface area contributed by atoms with Crippen LogP contribution in [-0.4, -0.2) is 57.4 Å². The number of hydrogen-bond acceptors (Lipinski definition) is 7. The first kappa shape index (κ1) is 32.3. The van der Waals surface area contributed by atoms with Crippen LogP contribution >= 0.6 is 0 Å². The van der Waals surface area contributed by atoms with Crippen LogP contribution in [0.25, 0.3) is 16.7 Å². The zero-order valence-electron chi connectivity index (χ0n) is 25.3. The molecule has 0 aliphatic heterocycles. The zero-order valence-corrected chi connectivity index (χ0v) is 26.1. The molecule has 0 bridgehead atoms. The predicted octanol–water partition coefficient (Wildman–Crippen LogP) is 5.59. The van der Waals surface area contributed by atoms with Crippen molar-refractivity contribution in [2.75, 3.05) is 30.8 Å². The molecule has 2 heterocycles. The van der Waals surface area contributed by atoms with E-state index in [-0.39, 0.29) is 47.7 Å². The Labute approximate surface area is 242 Å². The number of amides is 1. The van der Waals surface area contributed by atoms with Crippen LogP contribution in [0, 0.1) is 11.3 Å². The predicted molar refractivity (Wildman–Crippen MR) is 159 cm³/mol. The summed E-state index contributed by atoms with van der Waals surface area (Å²) in [5, 5.41) is 3.06. The van der Waals surface area contributed by atoms with Gasteiger partial charge < -0.3 is 14.5 Å². The normalized spacial score (nSPS) is 17.6. The minimum atomic E-state index is -3.77. The molecule has 1 amide bonds. The lowest BCUT2D eigenvalue weighted by Gasteiger charge is -2.27. The van der Waals surface area contributed by atoms with Crippen LogP contribution in [0.4, 0.5) is 10.2 Å². The van der Waals surface area contributed by atoms with Gasteiger partial charge in [0.05, 0.1) is 29.2 Å². The van der Waals surface area contributed by atoms with Gasteiger partial charge in [-0.3, -0.25) is 13.9 Å². The van der Waals surface area contributed by atoms with Crippen molar-refractivity contribution in [1.29, 1.82) is 0 Å². The summed E-state index contributed by atoms with van der Waals surface area (Å²) in [6, 6.07) is 1.73. The molecule has 0 saturated carbocycles. The van der Waals surface area contributed by atoms with Crippen molar-refractivity contribution in [1.82, 2.24) is 10.3 Å². The number of anilines is 1. The van der Waals surface area contributed by atoms with E-state index < -0.39 is 27.0 Å². The van der Waals surface area contributed by atoms with Gasteiger partial charge in [-0.2, -0.15) is 4.98 Å². The number of rotatable bonds is 12. The van der Waals surface area contributed by atoms with Gasteiger partial charge in [0.15, 0.2) is 0 Å². The average molecular weight is 592 g/mol. The third-order valence-corrected chi connectivity index (χ3v) is 8.22. The van der Waals surface area contributed by atoms with Crippen molar-refractivity contribution in [3.8, 4) is 0 Å². The molecule has 2 aromatic rings. The molecule has 1 atom stereocenters. The van der Waals surface area contributed by atoms with Gasteiger partial charge in [-0.15, -0.1) is 0 Å². The Kier molecular flexibility index (Phi) is 9.73. The summed E-state index contributed by atoms with van der Waals surface area (Å²) in [6.45, 7) is 11.2. The van der Waals surface area contributed by atoms with Crippen molar-refractivity contribution < 1.29 is 31.6 Å². The zero-order chi connectivity index (χ0) is 30.8. The molecule has 1 N–H and O–H groups in total. The molecular weight excluding hydrogens is 549 g/mol. The summed E-state index contributed by atoms with van der Waals surface area (Å²) < 4.78 is 53.1. The van der Waals surface area contributed by atoms with Crippen LogP contribution in [0.3, 0.4) is 0 Å². The summed E-state index contributed by atoms with van der Waals surface area (Å²) >= 11 is 0. The third-order valence-electron chi connectivity index (χ3n) is 7.07. The van der Waals surface area contributed by atoms with Crippen molar-refractivity contribution in [3.63, 3.8) is 0 Å². The number of nitrogens with zero attached hydrogens (tertiary/aromatic N) is 2. The van der Waals surface area contributed by atoms with E-state index in [0.717, 1.165) is 6.26 Å². The lowest BCUT2D eigenvalue weighted by atomic mass is 9.88. The molecule has 0 fully saturated rings. The van der Waals surface area contributed by atoms with Crippen LogP contribution < -0.4 is 9.62 Å². The smallest absolute Gasteiger partial charge is 0.311 e. The first-order chi connectivity index (χ1) is 19.0. The molecule has 0 aromatic carbocycles. The summed E-state index contributed by atoms with van der Waals surface area (Å²) in [5.41, 5.74) is -0.789. The number of esters is 1. The minimum absolute atomic E-state index is 0.0874. The van der Waals surface area contributed by atoms with E-state index in [1.54, 1.807) is 32.1 Å². The number of aromatic nitrogens is 1. The third kappa shape index (κ3) is 7.55. The summed E-state index contributed by atoms with van der Waals surface area (Å²) in [7, 11) is -2.26. The topological polar surface area (TPSA) is 119 Å².